The van der Waals surface area contributed by atoms with Crippen molar-refractivity contribution >= 4 is 29.8 Å². The SMILES string of the molecule is CNC(=O)O[C@@H]1Cc2ccccc2N(C(=O)CC(C)(C)C[C@H](NC(=O)OC(C)(C)C)[C@@H](O)C[C@@H](C)C(=O)O)C1. The maximum atomic E-state index is 13.6. The number of anilines is 1. The number of aliphatic hydroxyl groups excluding tert-OH is 1. The quantitative estimate of drug-likeness (QED) is 0.346. The van der Waals surface area contributed by atoms with Crippen LogP contribution in [0.3, 0.4) is 0 Å². The summed E-state index contributed by atoms with van der Waals surface area (Å²) in [4.78, 5) is 51.0. The van der Waals surface area contributed by atoms with Gasteiger partial charge in [0.15, 0.2) is 0 Å². The number of carbonyl (C=O) groups is 4. The molecular formula is C28H43N3O8. The highest BCUT2D eigenvalue weighted by atomic mass is 16.6. The lowest BCUT2D eigenvalue weighted by atomic mass is 9.79. The third-order valence-electron chi connectivity index (χ3n) is 6.48. The van der Waals surface area contributed by atoms with Crippen molar-refractivity contribution in [3.8, 4) is 0 Å². The first-order valence-electron chi connectivity index (χ1n) is 13.2. The van der Waals surface area contributed by atoms with Crippen LogP contribution in [0.2, 0.25) is 0 Å². The Morgan fingerprint density at radius 3 is 2.33 bits per heavy atom. The van der Waals surface area contributed by atoms with Crippen LogP contribution in [0.1, 0.15) is 66.4 Å². The van der Waals surface area contributed by atoms with Crippen LogP contribution in [0.25, 0.3) is 0 Å². The number of para-hydroxylation sites is 1. The second-order valence-electron chi connectivity index (χ2n) is 12.0. The topological polar surface area (TPSA) is 154 Å². The second kappa shape index (κ2) is 13.1. The molecule has 0 aromatic heterocycles. The molecule has 0 aliphatic carbocycles. The van der Waals surface area contributed by atoms with Crippen molar-refractivity contribution in [1.29, 1.82) is 0 Å². The summed E-state index contributed by atoms with van der Waals surface area (Å²) >= 11 is 0. The molecule has 3 amide bonds. The van der Waals surface area contributed by atoms with E-state index in [-0.39, 0.29) is 31.7 Å². The Hall–Kier alpha value is -3.34. The fourth-order valence-corrected chi connectivity index (χ4v) is 4.63. The molecule has 4 N–H and O–H groups in total. The predicted molar refractivity (Wildman–Crippen MR) is 145 cm³/mol. The van der Waals surface area contributed by atoms with E-state index in [9.17, 15) is 29.4 Å². The number of hydrogen-bond acceptors (Lipinski definition) is 7. The van der Waals surface area contributed by atoms with Gasteiger partial charge in [0.25, 0.3) is 0 Å². The van der Waals surface area contributed by atoms with Gasteiger partial charge in [0.1, 0.15) is 11.7 Å². The van der Waals surface area contributed by atoms with Gasteiger partial charge in [-0.2, -0.15) is 0 Å². The number of ether oxygens (including phenoxy) is 2. The third-order valence-corrected chi connectivity index (χ3v) is 6.48. The summed E-state index contributed by atoms with van der Waals surface area (Å²) in [5.74, 6) is -2.10. The van der Waals surface area contributed by atoms with Gasteiger partial charge in [-0.15, -0.1) is 0 Å². The Morgan fingerprint density at radius 2 is 1.74 bits per heavy atom. The van der Waals surface area contributed by atoms with E-state index in [1.54, 1.807) is 25.7 Å². The number of rotatable bonds is 10. The van der Waals surface area contributed by atoms with Crippen molar-refractivity contribution in [3.05, 3.63) is 29.8 Å². The summed E-state index contributed by atoms with van der Waals surface area (Å²) in [6, 6.07) is 6.58. The Morgan fingerprint density at radius 1 is 1.10 bits per heavy atom. The molecule has 0 fully saturated rings. The molecule has 1 aromatic carbocycles. The van der Waals surface area contributed by atoms with Gasteiger partial charge in [0.2, 0.25) is 5.91 Å². The van der Waals surface area contributed by atoms with Crippen molar-refractivity contribution in [3.63, 3.8) is 0 Å². The van der Waals surface area contributed by atoms with Gasteiger partial charge in [-0.3, -0.25) is 9.59 Å². The number of carbonyl (C=O) groups excluding carboxylic acids is 3. The fourth-order valence-electron chi connectivity index (χ4n) is 4.63. The number of hydrogen-bond donors (Lipinski definition) is 4. The van der Waals surface area contributed by atoms with Crippen LogP contribution in [0.4, 0.5) is 15.3 Å². The molecule has 11 nitrogen and oxygen atoms in total. The molecule has 0 spiro atoms. The number of fused-ring (bicyclic) bond motifs is 1. The van der Waals surface area contributed by atoms with Crippen LogP contribution in [0.15, 0.2) is 24.3 Å². The Bertz CT molecular complexity index is 1040. The van der Waals surface area contributed by atoms with Crippen molar-refractivity contribution in [2.45, 2.75) is 91.1 Å². The molecule has 0 saturated carbocycles. The van der Waals surface area contributed by atoms with Gasteiger partial charge in [0.05, 0.1) is 24.6 Å². The monoisotopic (exact) mass is 549 g/mol. The molecule has 218 valence electrons. The fraction of sp³-hybridized carbons (Fsp3) is 0.643. The second-order valence-corrected chi connectivity index (χ2v) is 12.0. The molecule has 1 aliphatic heterocycles. The molecule has 1 aliphatic rings. The summed E-state index contributed by atoms with van der Waals surface area (Å²) in [7, 11) is 1.47. The Balaban J connectivity index is 2.22. The van der Waals surface area contributed by atoms with Crippen molar-refractivity contribution in [2.24, 2.45) is 11.3 Å². The summed E-state index contributed by atoms with van der Waals surface area (Å²) < 4.78 is 10.8. The Labute approximate surface area is 230 Å². The number of alkyl carbamates (subject to hydrolysis) is 2. The molecule has 2 rings (SSSR count). The zero-order valence-corrected chi connectivity index (χ0v) is 23.9. The maximum absolute atomic E-state index is 13.6. The molecule has 1 aromatic rings. The lowest BCUT2D eigenvalue weighted by Crippen LogP contribution is -2.49. The first kappa shape index (κ1) is 31.9. The van der Waals surface area contributed by atoms with Gasteiger partial charge in [0, 0.05) is 25.6 Å². The Kier molecular flexibility index (Phi) is 10.7. The lowest BCUT2D eigenvalue weighted by molar-refractivity contribution is -0.142. The summed E-state index contributed by atoms with van der Waals surface area (Å²) in [5.41, 5.74) is 0.141. The van der Waals surface area contributed by atoms with Crippen molar-refractivity contribution in [1.82, 2.24) is 10.6 Å². The average Bonchev–Trinajstić information content (AvgIpc) is 2.81. The number of nitrogens with zero attached hydrogens (tertiary/aromatic N) is 1. The van der Waals surface area contributed by atoms with E-state index in [0.29, 0.717) is 6.42 Å². The standard InChI is InChI=1S/C28H43N3O8/c1-17(24(34)35)12-22(32)20(30-26(37)39-27(2,3)4)14-28(5,6)15-23(33)31-16-19(38-25(36)29-7)13-18-10-8-9-11-21(18)31/h8-11,17,19-20,22,32H,12-16H2,1-7H3,(H,29,36)(H,30,37)(H,34,35)/t17-,19-,20+,22+/m1/s1. The molecule has 0 bridgehead atoms. The number of aliphatic hydroxyl groups is 1. The van der Waals surface area contributed by atoms with Gasteiger partial charge < -0.3 is 35.2 Å². The van der Waals surface area contributed by atoms with E-state index in [4.69, 9.17) is 9.47 Å². The lowest BCUT2D eigenvalue weighted by Gasteiger charge is -2.37. The van der Waals surface area contributed by atoms with E-state index in [0.717, 1.165) is 11.3 Å². The molecule has 11 heteroatoms. The van der Waals surface area contributed by atoms with Crippen LogP contribution < -0.4 is 15.5 Å². The molecule has 39 heavy (non-hydrogen) atoms. The van der Waals surface area contributed by atoms with Crippen molar-refractivity contribution < 1.29 is 38.9 Å². The first-order chi connectivity index (χ1) is 18.0. The number of carboxylic acids is 1. The smallest absolute Gasteiger partial charge is 0.407 e. The highest BCUT2D eigenvalue weighted by molar-refractivity contribution is 5.95. The van der Waals surface area contributed by atoms with Crippen LogP contribution >= 0.6 is 0 Å². The third kappa shape index (κ3) is 10.0. The minimum Gasteiger partial charge on any atom is -0.481 e. The minimum atomic E-state index is -1.18. The molecule has 0 saturated heterocycles. The van der Waals surface area contributed by atoms with Gasteiger partial charge in [-0.05, 0) is 50.7 Å². The average molecular weight is 550 g/mol. The first-order valence-corrected chi connectivity index (χ1v) is 13.2. The van der Waals surface area contributed by atoms with E-state index in [1.807, 2.05) is 38.1 Å². The van der Waals surface area contributed by atoms with Crippen LogP contribution in [0.5, 0.6) is 0 Å². The minimum absolute atomic E-state index is 0.0573. The highest BCUT2D eigenvalue weighted by Crippen LogP contribution is 2.34. The van der Waals surface area contributed by atoms with Crippen LogP contribution in [-0.4, -0.2) is 71.7 Å². The zero-order chi connectivity index (χ0) is 29.5. The number of aliphatic carboxylic acids is 1. The van der Waals surface area contributed by atoms with E-state index < -0.39 is 53.3 Å². The molecule has 0 unspecified atom stereocenters. The van der Waals surface area contributed by atoms with E-state index in [2.05, 4.69) is 10.6 Å². The number of nitrogens with one attached hydrogen (secondary N) is 2. The van der Waals surface area contributed by atoms with Gasteiger partial charge in [-0.1, -0.05) is 39.0 Å². The predicted octanol–water partition coefficient (Wildman–Crippen LogP) is 3.47. The van der Waals surface area contributed by atoms with E-state index >= 15 is 0 Å². The number of benzene rings is 1. The summed E-state index contributed by atoms with van der Waals surface area (Å²) in [6.45, 7) is 10.5. The summed E-state index contributed by atoms with van der Waals surface area (Å²) in [5, 5.41) is 25.3. The van der Waals surface area contributed by atoms with Gasteiger partial charge >= 0.3 is 18.2 Å². The molecule has 0 radical (unpaired) electrons. The number of carboxylic acid groups (broad SMARTS) is 1. The molecule has 1 heterocycles. The number of amides is 3. The normalized spacial score (nSPS) is 17.7. The molecule has 4 atom stereocenters. The zero-order valence-electron chi connectivity index (χ0n) is 23.9. The highest BCUT2D eigenvalue weighted by Gasteiger charge is 2.37. The summed E-state index contributed by atoms with van der Waals surface area (Å²) in [6.07, 6.45) is -2.39. The largest absolute Gasteiger partial charge is 0.481 e. The molecular weight excluding hydrogens is 506 g/mol. The van der Waals surface area contributed by atoms with Crippen LogP contribution in [-0.2, 0) is 25.5 Å². The van der Waals surface area contributed by atoms with E-state index in [1.165, 1.54) is 14.0 Å². The van der Waals surface area contributed by atoms with Gasteiger partial charge in [-0.25, -0.2) is 9.59 Å². The van der Waals surface area contributed by atoms with Crippen molar-refractivity contribution in [2.75, 3.05) is 18.5 Å². The van der Waals surface area contributed by atoms with Crippen LogP contribution in [0, 0.1) is 11.3 Å². The maximum Gasteiger partial charge on any atom is 0.407 e.